The maximum Gasteiger partial charge on any atom is 0.303 e. The van der Waals surface area contributed by atoms with Crippen LogP contribution in [0, 0.1) is 0 Å². The molecular weight excluding hydrogens is 300 g/mol. The van der Waals surface area contributed by atoms with Crippen LogP contribution in [-0.4, -0.2) is 36.0 Å². The first kappa shape index (κ1) is 18.5. The Kier molecular flexibility index (Phi) is 8.20. The second-order valence-corrected chi connectivity index (χ2v) is 4.92. The van der Waals surface area contributed by atoms with E-state index < -0.39 is 5.97 Å². The van der Waals surface area contributed by atoms with Gasteiger partial charge in [0.1, 0.15) is 5.75 Å². The van der Waals surface area contributed by atoms with Gasteiger partial charge in [0.25, 0.3) is 5.91 Å². The zero-order valence-corrected chi connectivity index (χ0v) is 13.1. The summed E-state index contributed by atoms with van der Waals surface area (Å²) >= 11 is 0. The van der Waals surface area contributed by atoms with Crippen molar-refractivity contribution >= 4 is 23.5 Å². The Balaban J connectivity index is 2.31. The van der Waals surface area contributed by atoms with Gasteiger partial charge in [-0.25, -0.2) is 0 Å². The fourth-order valence-corrected chi connectivity index (χ4v) is 1.82. The monoisotopic (exact) mass is 322 g/mol. The third kappa shape index (κ3) is 8.45. The summed E-state index contributed by atoms with van der Waals surface area (Å²) in [5, 5.41) is 13.9. The Morgan fingerprint density at radius 2 is 1.70 bits per heavy atom. The van der Waals surface area contributed by atoms with Crippen molar-refractivity contribution in [2.45, 2.75) is 32.6 Å². The Bertz CT molecular complexity index is 528. The summed E-state index contributed by atoms with van der Waals surface area (Å²) in [5.74, 6) is -0.665. The maximum atomic E-state index is 11.7. The molecule has 1 aromatic rings. The lowest BCUT2D eigenvalue weighted by Crippen LogP contribution is -2.28. The summed E-state index contributed by atoms with van der Waals surface area (Å²) in [6.45, 7) is 2.33. The lowest BCUT2D eigenvalue weighted by molar-refractivity contribution is -0.137. The SMILES string of the molecule is CCNC(=O)COc1ccc(NC(=O)CCCCC(=O)O)cc1. The van der Waals surface area contributed by atoms with Crippen LogP contribution in [0.15, 0.2) is 24.3 Å². The highest BCUT2D eigenvalue weighted by atomic mass is 16.5. The van der Waals surface area contributed by atoms with Crippen molar-refractivity contribution in [1.82, 2.24) is 5.32 Å². The number of benzene rings is 1. The van der Waals surface area contributed by atoms with Crippen LogP contribution in [0.1, 0.15) is 32.6 Å². The third-order valence-electron chi connectivity index (χ3n) is 2.93. The van der Waals surface area contributed by atoms with E-state index >= 15 is 0 Å². The normalized spacial score (nSPS) is 9.96. The summed E-state index contributed by atoms with van der Waals surface area (Å²) in [5.41, 5.74) is 0.624. The number of carbonyl (C=O) groups is 3. The van der Waals surface area contributed by atoms with Gasteiger partial charge in [-0.15, -0.1) is 0 Å². The minimum Gasteiger partial charge on any atom is -0.484 e. The van der Waals surface area contributed by atoms with Crippen molar-refractivity contribution in [3.05, 3.63) is 24.3 Å². The van der Waals surface area contributed by atoms with Crippen LogP contribution in [0.2, 0.25) is 0 Å². The van der Waals surface area contributed by atoms with Gasteiger partial charge in [0.05, 0.1) is 0 Å². The van der Waals surface area contributed by atoms with E-state index in [1.165, 1.54) is 0 Å². The predicted octanol–water partition coefficient (Wildman–Crippen LogP) is 1.78. The molecule has 0 aliphatic carbocycles. The molecule has 0 aliphatic rings. The Hall–Kier alpha value is -2.57. The molecular formula is C16H22N2O5. The average Bonchev–Trinajstić information content (AvgIpc) is 2.51. The van der Waals surface area contributed by atoms with Crippen molar-refractivity contribution in [3.8, 4) is 5.75 Å². The topological polar surface area (TPSA) is 105 Å². The maximum absolute atomic E-state index is 11.7. The molecule has 0 heterocycles. The Morgan fingerprint density at radius 3 is 2.30 bits per heavy atom. The summed E-state index contributed by atoms with van der Waals surface area (Å²) in [7, 11) is 0. The number of hydrogen-bond acceptors (Lipinski definition) is 4. The lowest BCUT2D eigenvalue weighted by Gasteiger charge is -2.08. The van der Waals surface area contributed by atoms with Gasteiger partial charge in [-0.3, -0.25) is 14.4 Å². The zero-order chi connectivity index (χ0) is 17.1. The van der Waals surface area contributed by atoms with Gasteiger partial charge in [-0.2, -0.15) is 0 Å². The van der Waals surface area contributed by atoms with Crippen molar-refractivity contribution < 1.29 is 24.2 Å². The molecule has 0 spiro atoms. The van der Waals surface area contributed by atoms with E-state index in [0.29, 0.717) is 30.8 Å². The number of hydrogen-bond donors (Lipinski definition) is 3. The number of likely N-dealkylation sites (N-methyl/N-ethyl adjacent to an activating group) is 1. The van der Waals surface area contributed by atoms with Gasteiger partial charge in [-0.05, 0) is 44.0 Å². The largest absolute Gasteiger partial charge is 0.484 e. The molecule has 7 heteroatoms. The van der Waals surface area contributed by atoms with E-state index in [-0.39, 0.29) is 31.3 Å². The van der Waals surface area contributed by atoms with Crippen molar-refractivity contribution in [2.75, 3.05) is 18.5 Å². The molecule has 0 unspecified atom stereocenters. The van der Waals surface area contributed by atoms with Crippen LogP contribution in [0.5, 0.6) is 5.75 Å². The van der Waals surface area contributed by atoms with Gasteiger partial charge in [0.2, 0.25) is 5.91 Å². The Labute approximate surface area is 135 Å². The molecule has 0 atom stereocenters. The molecule has 3 N–H and O–H groups in total. The first-order valence-electron chi connectivity index (χ1n) is 7.52. The highest BCUT2D eigenvalue weighted by Gasteiger charge is 2.05. The number of amides is 2. The number of carboxylic acids is 1. The molecule has 0 saturated heterocycles. The van der Waals surface area contributed by atoms with E-state index in [9.17, 15) is 14.4 Å². The molecule has 0 radical (unpaired) electrons. The van der Waals surface area contributed by atoms with Crippen LogP contribution in [-0.2, 0) is 14.4 Å². The van der Waals surface area contributed by atoms with Crippen LogP contribution >= 0.6 is 0 Å². The van der Waals surface area contributed by atoms with Crippen LogP contribution in [0.3, 0.4) is 0 Å². The van der Waals surface area contributed by atoms with Gasteiger partial charge in [0, 0.05) is 25.1 Å². The highest BCUT2D eigenvalue weighted by Crippen LogP contribution is 2.16. The van der Waals surface area contributed by atoms with Crippen LogP contribution < -0.4 is 15.4 Å². The van der Waals surface area contributed by atoms with Gasteiger partial charge in [0.15, 0.2) is 6.61 Å². The lowest BCUT2D eigenvalue weighted by atomic mass is 10.2. The molecule has 0 bridgehead atoms. The first-order chi connectivity index (χ1) is 11.0. The minimum atomic E-state index is -0.853. The molecule has 126 valence electrons. The second kappa shape index (κ2) is 10.2. The van der Waals surface area contributed by atoms with Crippen molar-refractivity contribution in [3.63, 3.8) is 0 Å². The van der Waals surface area contributed by atoms with Gasteiger partial charge < -0.3 is 20.5 Å². The summed E-state index contributed by atoms with van der Waals surface area (Å²) < 4.78 is 5.30. The molecule has 0 aromatic heterocycles. The fraction of sp³-hybridized carbons (Fsp3) is 0.438. The van der Waals surface area contributed by atoms with E-state index in [2.05, 4.69) is 10.6 Å². The smallest absolute Gasteiger partial charge is 0.303 e. The quantitative estimate of drug-likeness (QED) is 0.570. The van der Waals surface area contributed by atoms with Gasteiger partial charge >= 0.3 is 5.97 Å². The molecule has 0 fully saturated rings. The number of ether oxygens (including phenoxy) is 1. The van der Waals surface area contributed by atoms with Crippen molar-refractivity contribution in [2.24, 2.45) is 0 Å². The Morgan fingerprint density at radius 1 is 1.04 bits per heavy atom. The second-order valence-electron chi connectivity index (χ2n) is 4.92. The average molecular weight is 322 g/mol. The number of rotatable bonds is 10. The number of carboxylic acid groups (broad SMARTS) is 1. The van der Waals surface area contributed by atoms with Crippen LogP contribution in [0.25, 0.3) is 0 Å². The standard InChI is InChI=1S/C16H22N2O5/c1-2-17-15(20)11-23-13-9-7-12(8-10-13)18-14(19)5-3-4-6-16(21)22/h7-10H,2-6,11H2,1H3,(H,17,20)(H,18,19)(H,21,22). The minimum absolute atomic E-state index is 0.0525. The number of unbranched alkanes of at least 4 members (excludes halogenated alkanes) is 1. The van der Waals surface area contributed by atoms with Crippen LogP contribution in [0.4, 0.5) is 5.69 Å². The number of carbonyl (C=O) groups excluding carboxylic acids is 2. The van der Waals surface area contributed by atoms with Crippen molar-refractivity contribution in [1.29, 1.82) is 0 Å². The summed E-state index contributed by atoms with van der Waals surface area (Å²) in [6.07, 6.45) is 1.37. The highest BCUT2D eigenvalue weighted by molar-refractivity contribution is 5.90. The fourth-order valence-electron chi connectivity index (χ4n) is 1.82. The molecule has 2 amide bonds. The zero-order valence-electron chi connectivity index (χ0n) is 13.1. The van der Waals surface area contributed by atoms with E-state index in [1.54, 1.807) is 24.3 Å². The molecule has 1 aromatic carbocycles. The molecule has 1 rings (SSSR count). The third-order valence-corrected chi connectivity index (χ3v) is 2.93. The summed E-state index contributed by atoms with van der Waals surface area (Å²) in [4.78, 5) is 33.3. The summed E-state index contributed by atoms with van der Waals surface area (Å²) in [6, 6.07) is 6.70. The molecule has 7 nitrogen and oxygen atoms in total. The predicted molar refractivity (Wildman–Crippen MR) is 85.4 cm³/mol. The number of anilines is 1. The van der Waals surface area contributed by atoms with Gasteiger partial charge in [-0.1, -0.05) is 0 Å². The number of aliphatic carboxylic acids is 1. The molecule has 0 saturated carbocycles. The molecule has 0 aliphatic heterocycles. The van der Waals surface area contributed by atoms with E-state index in [1.807, 2.05) is 6.92 Å². The van der Waals surface area contributed by atoms with E-state index in [4.69, 9.17) is 9.84 Å². The first-order valence-corrected chi connectivity index (χ1v) is 7.52. The molecule has 23 heavy (non-hydrogen) atoms. The van der Waals surface area contributed by atoms with E-state index in [0.717, 1.165) is 0 Å². The number of nitrogens with one attached hydrogen (secondary N) is 2.